The molecule has 0 fully saturated rings. The van der Waals surface area contributed by atoms with Crippen LogP contribution in [0.3, 0.4) is 0 Å². The molecule has 1 aromatic heterocycles. The number of carbonyl (C=O) groups is 1. The molecule has 0 saturated carbocycles. The van der Waals surface area contributed by atoms with Crippen LogP contribution >= 0.6 is 15.9 Å². The zero-order valence-electron chi connectivity index (χ0n) is 11.8. The quantitative estimate of drug-likeness (QED) is 0.744. The van der Waals surface area contributed by atoms with E-state index in [1.807, 2.05) is 5.32 Å². The maximum absolute atomic E-state index is 13.6. The second-order valence-electron chi connectivity index (χ2n) is 4.59. The van der Waals surface area contributed by atoms with Crippen molar-refractivity contribution in [3.05, 3.63) is 57.0 Å². The molecule has 0 radical (unpaired) electrons. The lowest BCUT2D eigenvalue weighted by molar-refractivity contribution is 0.195. The van der Waals surface area contributed by atoms with Crippen molar-refractivity contribution in [1.82, 2.24) is 19.7 Å². The molecule has 2 rings (SSSR count). The molecule has 2 N–H and O–H groups in total. The summed E-state index contributed by atoms with van der Waals surface area (Å²) in [5.41, 5.74) is -0.928. The molecule has 0 spiro atoms. The molecule has 1 amide bonds. The first kappa shape index (κ1) is 17.8. The third-order valence-corrected chi connectivity index (χ3v) is 3.71. The zero-order valence-corrected chi connectivity index (χ0v) is 13.4. The Balaban J connectivity index is 2.29. The Morgan fingerprint density at radius 3 is 2.54 bits per heavy atom. The Morgan fingerprint density at radius 1 is 1.38 bits per heavy atom. The molecule has 0 aliphatic rings. The highest BCUT2D eigenvalue weighted by Crippen LogP contribution is 2.22. The minimum absolute atomic E-state index is 0.0575. The summed E-state index contributed by atoms with van der Waals surface area (Å²) >= 11 is 2.72. The van der Waals surface area contributed by atoms with Crippen LogP contribution in [0.1, 0.15) is 0 Å². The number of benzene rings is 1. The number of rotatable bonds is 5. The Hall–Kier alpha value is -2.56. The summed E-state index contributed by atoms with van der Waals surface area (Å²) in [6.07, 6.45) is -0.182. The Bertz CT molecular complexity index is 839. The maximum atomic E-state index is 13.6. The van der Waals surface area contributed by atoms with Gasteiger partial charge in [0.2, 0.25) is 0 Å². The van der Waals surface area contributed by atoms with E-state index >= 15 is 0 Å². The fraction of sp³-hybridized carbons (Fsp3) is 0.154. The van der Waals surface area contributed by atoms with Gasteiger partial charge in [0.25, 0.3) is 0 Å². The second kappa shape index (κ2) is 7.34. The van der Waals surface area contributed by atoms with Gasteiger partial charge in [-0.05, 0) is 33.6 Å². The van der Waals surface area contributed by atoms with Gasteiger partial charge in [-0.15, -0.1) is 0 Å². The number of carboxylic acid groups (broad SMARTS) is 1. The summed E-state index contributed by atoms with van der Waals surface area (Å²) < 4.78 is 41.2. The van der Waals surface area contributed by atoms with Crippen molar-refractivity contribution in [2.24, 2.45) is 0 Å². The summed E-state index contributed by atoms with van der Waals surface area (Å²) in [5.74, 6) is -1.81. The van der Waals surface area contributed by atoms with Crippen LogP contribution in [0.25, 0.3) is 5.69 Å². The van der Waals surface area contributed by atoms with Crippen LogP contribution in [0.4, 0.5) is 18.0 Å². The van der Waals surface area contributed by atoms with E-state index in [0.29, 0.717) is 0 Å². The lowest BCUT2D eigenvalue weighted by Gasteiger charge is -2.05. The average Bonchev–Trinajstić information content (AvgIpc) is 2.89. The number of amides is 1. The van der Waals surface area contributed by atoms with Crippen LogP contribution in [0.5, 0.6) is 0 Å². The van der Waals surface area contributed by atoms with Gasteiger partial charge in [-0.3, -0.25) is 0 Å². The Kier molecular flexibility index (Phi) is 5.44. The van der Waals surface area contributed by atoms with E-state index in [1.165, 1.54) is 0 Å². The zero-order chi connectivity index (χ0) is 17.9. The highest BCUT2D eigenvalue weighted by atomic mass is 79.9. The molecule has 1 aromatic carbocycles. The highest BCUT2D eigenvalue weighted by Gasteiger charge is 2.14. The minimum atomic E-state index is -1.35. The van der Waals surface area contributed by atoms with Crippen molar-refractivity contribution in [2.45, 2.75) is 6.54 Å². The molecule has 0 unspecified atom stereocenters. The lowest BCUT2D eigenvalue weighted by atomic mass is 10.3. The SMILES string of the molecule is O=C(O)NCC(=CF)Cn1ncn(-c2cc(F)c(Br)c(F)c2)c1=O. The number of halogens is 4. The fourth-order valence-electron chi connectivity index (χ4n) is 1.81. The van der Waals surface area contributed by atoms with Gasteiger partial charge in [-0.25, -0.2) is 32.0 Å². The van der Waals surface area contributed by atoms with E-state index in [1.54, 1.807) is 0 Å². The summed E-state index contributed by atoms with van der Waals surface area (Å²) in [4.78, 5) is 22.6. The molecule has 7 nitrogen and oxygen atoms in total. The van der Waals surface area contributed by atoms with E-state index in [4.69, 9.17) is 5.11 Å². The molecule has 24 heavy (non-hydrogen) atoms. The first-order valence-electron chi connectivity index (χ1n) is 6.37. The number of hydrogen-bond acceptors (Lipinski definition) is 3. The lowest BCUT2D eigenvalue weighted by Crippen LogP contribution is -2.29. The molecule has 11 heteroatoms. The van der Waals surface area contributed by atoms with Crippen LogP contribution in [0.2, 0.25) is 0 Å². The largest absolute Gasteiger partial charge is 0.465 e. The van der Waals surface area contributed by atoms with Crippen LogP contribution in [-0.2, 0) is 6.54 Å². The third-order valence-electron chi connectivity index (χ3n) is 2.95. The van der Waals surface area contributed by atoms with Gasteiger partial charge in [0, 0.05) is 6.54 Å². The van der Waals surface area contributed by atoms with Crippen LogP contribution in [-0.4, -0.2) is 32.1 Å². The van der Waals surface area contributed by atoms with Crippen LogP contribution in [0.15, 0.2) is 39.6 Å². The van der Waals surface area contributed by atoms with E-state index in [2.05, 4.69) is 21.0 Å². The standard InChI is InChI=1S/C13H10BrF3N4O3/c14-11-9(16)1-8(2-10(11)17)20-6-19-21(13(20)24)5-7(3-15)4-18-12(22)23/h1-3,6,18H,4-5H2,(H,22,23). The molecule has 128 valence electrons. The summed E-state index contributed by atoms with van der Waals surface area (Å²) in [6, 6.07) is 1.86. The van der Waals surface area contributed by atoms with Gasteiger partial charge < -0.3 is 10.4 Å². The van der Waals surface area contributed by atoms with Gasteiger partial charge in [0.15, 0.2) is 0 Å². The van der Waals surface area contributed by atoms with E-state index in [0.717, 1.165) is 27.7 Å². The van der Waals surface area contributed by atoms with Crippen molar-refractivity contribution in [3.63, 3.8) is 0 Å². The van der Waals surface area contributed by atoms with Crippen LogP contribution < -0.4 is 11.0 Å². The minimum Gasteiger partial charge on any atom is -0.465 e. The Morgan fingerprint density at radius 2 is 2.00 bits per heavy atom. The van der Waals surface area contributed by atoms with Crippen LogP contribution in [0, 0.1) is 11.6 Å². The molecule has 0 atom stereocenters. The monoisotopic (exact) mass is 406 g/mol. The topological polar surface area (TPSA) is 89.2 Å². The molecule has 1 heterocycles. The molecule has 0 aliphatic carbocycles. The van der Waals surface area contributed by atoms with Gasteiger partial charge in [-0.2, -0.15) is 5.10 Å². The summed E-state index contributed by atoms with van der Waals surface area (Å²) in [6.45, 7) is -0.670. The van der Waals surface area contributed by atoms with E-state index in [9.17, 15) is 22.8 Å². The number of nitrogens with one attached hydrogen (secondary N) is 1. The molecule has 2 aromatic rings. The number of aromatic nitrogens is 3. The molecular weight excluding hydrogens is 397 g/mol. The normalized spacial score (nSPS) is 11.6. The van der Waals surface area contributed by atoms with Gasteiger partial charge in [-0.1, -0.05) is 0 Å². The molecular formula is C13H10BrF3N4O3. The fourth-order valence-corrected chi connectivity index (χ4v) is 2.04. The average molecular weight is 407 g/mol. The first-order valence-corrected chi connectivity index (χ1v) is 7.17. The number of hydrogen-bond donors (Lipinski definition) is 2. The second-order valence-corrected chi connectivity index (χ2v) is 5.38. The smallest absolute Gasteiger partial charge is 0.404 e. The van der Waals surface area contributed by atoms with Crippen molar-refractivity contribution in [2.75, 3.05) is 6.54 Å². The van der Waals surface area contributed by atoms with Crippen molar-refractivity contribution in [1.29, 1.82) is 0 Å². The predicted octanol–water partition coefficient (Wildman–Crippen LogP) is 2.20. The van der Waals surface area contributed by atoms with Gasteiger partial charge in [0.1, 0.15) is 18.0 Å². The van der Waals surface area contributed by atoms with Crippen molar-refractivity contribution >= 4 is 22.0 Å². The molecule has 0 aliphatic heterocycles. The maximum Gasteiger partial charge on any atom is 0.404 e. The van der Waals surface area contributed by atoms with E-state index in [-0.39, 0.29) is 35.2 Å². The van der Waals surface area contributed by atoms with E-state index < -0.39 is 23.4 Å². The number of nitrogens with zero attached hydrogens (tertiary/aromatic N) is 3. The Labute approximate surface area is 141 Å². The molecule has 0 saturated heterocycles. The highest BCUT2D eigenvalue weighted by molar-refractivity contribution is 9.10. The summed E-state index contributed by atoms with van der Waals surface area (Å²) in [7, 11) is 0. The first-order chi connectivity index (χ1) is 11.3. The van der Waals surface area contributed by atoms with Crippen molar-refractivity contribution < 1.29 is 23.1 Å². The summed E-state index contributed by atoms with van der Waals surface area (Å²) in [5, 5.41) is 14.1. The van der Waals surface area contributed by atoms with Crippen molar-refractivity contribution in [3.8, 4) is 5.69 Å². The molecule has 0 bridgehead atoms. The van der Waals surface area contributed by atoms with Gasteiger partial charge in [0.05, 0.1) is 23.0 Å². The third kappa shape index (κ3) is 3.85. The van der Waals surface area contributed by atoms with Gasteiger partial charge >= 0.3 is 11.8 Å². The predicted molar refractivity (Wildman–Crippen MR) is 80.7 cm³/mol.